The van der Waals surface area contributed by atoms with Crippen LogP contribution in [0.3, 0.4) is 0 Å². The number of benzene rings is 3. The van der Waals surface area contributed by atoms with Gasteiger partial charge in [0, 0.05) is 57.1 Å². The molecular weight excluding hydrogens is 587 g/mol. The lowest BCUT2D eigenvalue weighted by molar-refractivity contribution is -0.385. The number of aliphatic carboxylic acids is 2. The molecule has 1 heterocycles. The van der Waals surface area contributed by atoms with Gasteiger partial charge < -0.3 is 19.8 Å². The minimum atomic E-state index is -4.10. The highest BCUT2D eigenvalue weighted by Gasteiger charge is 2.29. The second-order valence-electron chi connectivity index (χ2n) is 9.27. The van der Waals surface area contributed by atoms with E-state index in [4.69, 9.17) is 24.5 Å². The minimum absolute atomic E-state index is 0.152. The van der Waals surface area contributed by atoms with Gasteiger partial charge in [-0.3, -0.25) is 19.3 Å². The van der Waals surface area contributed by atoms with Gasteiger partial charge in [-0.15, -0.1) is 0 Å². The first kappa shape index (κ1) is 32.8. The molecule has 4 rings (SSSR count). The van der Waals surface area contributed by atoms with Crippen LogP contribution in [0.1, 0.15) is 6.42 Å². The summed E-state index contributed by atoms with van der Waals surface area (Å²) in [6.45, 7) is 4.01. The summed E-state index contributed by atoms with van der Waals surface area (Å²) in [6.07, 6.45) is 0.544. The number of methoxy groups -OCH3 is 1. The van der Waals surface area contributed by atoms with Gasteiger partial charge in [0.2, 0.25) is 0 Å². The lowest BCUT2D eigenvalue weighted by atomic mass is 10.2. The molecule has 1 fully saturated rings. The van der Waals surface area contributed by atoms with Crippen molar-refractivity contribution in [1.29, 1.82) is 0 Å². The number of hydrogen-bond acceptors (Lipinski definition) is 9. The molecule has 0 radical (unpaired) electrons. The number of non-ortho nitro benzene ring substituents is 1. The average molecular weight is 619 g/mol. The third-order valence-corrected chi connectivity index (χ3v) is 8.36. The Balaban J connectivity index is 0.000000765. The quantitative estimate of drug-likeness (QED) is 0.194. The van der Waals surface area contributed by atoms with Crippen LogP contribution in [0.15, 0.2) is 77.7 Å². The van der Waals surface area contributed by atoms with Gasteiger partial charge in [0.05, 0.1) is 22.6 Å². The smallest absolute Gasteiger partial charge is 0.414 e. The molecule has 2 N–H and O–H groups in total. The summed E-state index contributed by atoms with van der Waals surface area (Å²) in [7, 11) is -2.63. The Kier molecular flexibility index (Phi) is 11.4. The highest BCUT2D eigenvalue weighted by Crippen LogP contribution is 2.33. The van der Waals surface area contributed by atoms with Gasteiger partial charge in [-0.25, -0.2) is 22.4 Å². The van der Waals surface area contributed by atoms with E-state index in [0.29, 0.717) is 24.4 Å². The lowest BCUT2D eigenvalue weighted by Gasteiger charge is -2.36. The summed E-state index contributed by atoms with van der Waals surface area (Å²) in [5.74, 6) is -3.52. The standard InChI is InChI=1S/C26H29FN4O5S.C2H2O4/c1-36-26-9-3-2-8-25(26)30(37(34,35)24-7-4-6-23(20-24)31(32)33)15-5-14-28-16-18-29(19-17-28)22-12-10-21(27)11-13-22;3-1(4)2(5)6/h2-4,6-13,20H,5,14-19H2,1H3;(H,3,4)(H,5,6). The van der Waals surface area contributed by atoms with Gasteiger partial charge in [0.25, 0.3) is 15.7 Å². The number of halogens is 1. The van der Waals surface area contributed by atoms with E-state index in [9.17, 15) is 22.9 Å². The molecule has 15 heteroatoms. The SMILES string of the molecule is COc1ccccc1N(CCCN1CCN(c2ccc(F)cc2)CC1)S(=O)(=O)c1cccc([N+](=O)[O-])c1.O=C(O)C(=O)O. The van der Waals surface area contributed by atoms with E-state index in [-0.39, 0.29) is 22.9 Å². The summed E-state index contributed by atoms with van der Waals surface area (Å²) >= 11 is 0. The molecule has 1 aliphatic heterocycles. The number of para-hydroxylation sites is 2. The van der Waals surface area contributed by atoms with Crippen molar-refractivity contribution in [3.8, 4) is 5.75 Å². The number of piperazine rings is 1. The molecule has 1 saturated heterocycles. The molecule has 1 aliphatic rings. The van der Waals surface area contributed by atoms with Crippen LogP contribution >= 0.6 is 0 Å². The van der Waals surface area contributed by atoms with Crippen molar-refractivity contribution in [1.82, 2.24) is 4.90 Å². The van der Waals surface area contributed by atoms with E-state index >= 15 is 0 Å². The van der Waals surface area contributed by atoms with Crippen LogP contribution in [0, 0.1) is 15.9 Å². The monoisotopic (exact) mass is 618 g/mol. The van der Waals surface area contributed by atoms with Crippen LogP contribution < -0.4 is 13.9 Å². The molecule has 0 aromatic heterocycles. The van der Waals surface area contributed by atoms with E-state index < -0.39 is 26.9 Å². The van der Waals surface area contributed by atoms with Crippen LogP contribution in [-0.2, 0) is 19.6 Å². The number of anilines is 2. The van der Waals surface area contributed by atoms with E-state index in [0.717, 1.165) is 37.9 Å². The van der Waals surface area contributed by atoms with Crippen molar-refractivity contribution in [2.45, 2.75) is 11.3 Å². The number of nitrogens with zero attached hydrogens (tertiary/aromatic N) is 4. The van der Waals surface area contributed by atoms with Gasteiger partial charge in [0.15, 0.2) is 0 Å². The summed E-state index contributed by atoms with van der Waals surface area (Å²) in [5, 5.41) is 26.0. The Morgan fingerprint density at radius 3 is 2.19 bits per heavy atom. The predicted molar refractivity (Wildman–Crippen MR) is 156 cm³/mol. The molecule has 43 heavy (non-hydrogen) atoms. The maximum atomic E-state index is 13.7. The fourth-order valence-corrected chi connectivity index (χ4v) is 5.96. The molecule has 0 saturated carbocycles. The second-order valence-corrected chi connectivity index (χ2v) is 11.1. The minimum Gasteiger partial charge on any atom is -0.495 e. The molecule has 0 amide bonds. The Hall–Kier alpha value is -4.76. The lowest BCUT2D eigenvalue weighted by Crippen LogP contribution is -2.47. The summed E-state index contributed by atoms with van der Waals surface area (Å²) in [6, 6.07) is 18.3. The maximum absolute atomic E-state index is 13.7. The van der Waals surface area contributed by atoms with Crippen molar-refractivity contribution in [3.05, 3.63) is 88.7 Å². The molecule has 0 atom stereocenters. The number of rotatable bonds is 10. The van der Waals surface area contributed by atoms with E-state index in [1.165, 1.54) is 41.7 Å². The van der Waals surface area contributed by atoms with Crippen molar-refractivity contribution in [2.24, 2.45) is 0 Å². The number of ether oxygens (including phenoxy) is 1. The van der Waals surface area contributed by atoms with Crippen molar-refractivity contribution in [2.75, 3.05) is 55.6 Å². The Labute approximate surface area is 247 Å². The third kappa shape index (κ3) is 8.86. The Morgan fingerprint density at radius 1 is 0.977 bits per heavy atom. The number of nitro groups is 1. The molecule has 230 valence electrons. The number of hydrogen-bond donors (Lipinski definition) is 2. The number of carboxylic acid groups (broad SMARTS) is 2. The molecule has 0 spiro atoms. The summed E-state index contributed by atoms with van der Waals surface area (Å²) in [5.41, 5.74) is 1.06. The van der Waals surface area contributed by atoms with Gasteiger partial charge in [0.1, 0.15) is 11.6 Å². The topological polar surface area (TPSA) is 171 Å². The number of carboxylic acids is 2. The molecular formula is C28H31FN4O9S. The first-order chi connectivity index (χ1) is 20.4. The van der Waals surface area contributed by atoms with Crippen LogP contribution in [0.2, 0.25) is 0 Å². The second kappa shape index (κ2) is 14.9. The average Bonchev–Trinajstić information content (AvgIpc) is 3.00. The van der Waals surface area contributed by atoms with Gasteiger partial charge >= 0.3 is 11.9 Å². The Morgan fingerprint density at radius 2 is 1.60 bits per heavy atom. The predicted octanol–water partition coefficient (Wildman–Crippen LogP) is 3.31. The number of nitro benzene ring substituents is 1. The van der Waals surface area contributed by atoms with Gasteiger partial charge in [-0.05, 0) is 48.9 Å². The first-order valence-electron chi connectivity index (χ1n) is 13.0. The van der Waals surface area contributed by atoms with Crippen LogP contribution in [0.25, 0.3) is 0 Å². The molecule has 13 nitrogen and oxygen atoms in total. The highest BCUT2D eigenvalue weighted by molar-refractivity contribution is 7.92. The van der Waals surface area contributed by atoms with Crippen LogP contribution in [0.4, 0.5) is 21.5 Å². The fraction of sp³-hybridized carbons (Fsp3) is 0.286. The Bertz CT molecular complexity index is 1520. The number of carbonyl (C=O) groups is 2. The van der Waals surface area contributed by atoms with Crippen molar-refractivity contribution >= 4 is 39.0 Å². The molecule has 3 aromatic carbocycles. The first-order valence-corrected chi connectivity index (χ1v) is 14.5. The van der Waals surface area contributed by atoms with Crippen LogP contribution in [-0.4, -0.2) is 86.8 Å². The highest BCUT2D eigenvalue weighted by atomic mass is 32.2. The zero-order valence-corrected chi connectivity index (χ0v) is 24.0. The van der Waals surface area contributed by atoms with Gasteiger partial charge in [-0.1, -0.05) is 18.2 Å². The molecule has 0 aliphatic carbocycles. The number of sulfonamides is 1. The van der Waals surface area contributed by atoms with E-state index in [1.807, 2.05) is 0 Å². The zero-order chi connectivity index (χ0) is 31.6. The molecule has 0 unspecified atom stereocenters. The molecule has 0 bridgehead atoms. The third-order valence-electron chi connectivity index (χ3n) is 6.55. The fourth-order valence-electron chi connectivity index (χ4n) is 4.41. The maximum Gasteiger partial charge on any atom is 0.414 e. The summed E-state index contributed by atoms with van der Waals surface area (Å²) < 4.78 is 47.3. The van der Waals surface area contributed by atoms with Crippen molar-refractivity contribution < 1.29 is 42.3 Å². The molecule has 3 aromatic rings. The van der Waals surface area contributed by atoms with Gasteiger partial charge in [-0.2, -0.15) is 0 Å². The largest absolute Gasteiger partial charge is 0.495 e. The summed E-state index contributed by atoms with van der Waals surface area (Å²) in [4.78, 5) is 33.1. The van der Waals surface area contributed by atoms with Crippen molar-refractivity contribution in [3.63, 3.8) is 0 Å². The normalized spacial score (nSPS) is 13.4. The van der Waals surface area contributed by atoms with Crippen LogP contribution in [0.5, 0.6) is 5.75 Å². The van der Waals surface area contributed by atoms with E-state index in [1.54, 1.807) is 36.4 Å². The van der Waals surface area contributed by atoms with E-state index in [2.05, 4.69) is 9.80 Å². The zero-order valence-electron chi connectivity index (χ0n) is 23.2.